The Morgan fingerprint density at radius 1 is 1.65 bits per heavy atom. The molecule has 1 aliphatic rings. The van der Waals surface area contributed by atoms with E-state index in [-0.39, 0.29) is 11.7 Å². The Kier molecular flexibility index (Phi) is 3.89. The Labute approximate surface area is 103 Å². The highest BCUT2D eigenvalue weighted by Gasteiger charge is 2.29. The summed E-state index contributed by atoms with van der Waals surface area (Å²) in [6, 6.07) is 4.43. The molecule has 0 aromatic carbocycles. The Bertz CT molecular complexity index is 403. The van der Waals surface area contributed by atoms with Gasteiger partial charge < -0.3 is 5.32 Å². The van der Waals surface area contributed by atoms with Gasteiger partial charge in [-0.25, -0.2) is 0 Å². The van der Waals surface area contributed by atoms with E-state index in [4.69, 9.17) is 0 Å². The van der Waals surface area contributed by atoms with Gasteiger partial charge in [-0.1, -0.05) is 13.0 Å². The van der Waals surface area contributed by atoms with Gasteiger partial charge in [0.1, 0.15) is 0 Å². The molecule has 1 aliphatic carbocycles. The van der Waals surface area contributed by atoms with Gasteiger partial charge in [0.2, 0.25) is 0 Å². The molecular weight excluding hydrogens is 212 g/mol. The van der Waals surface area contributed by atoms with Crippen LogP contribution < -0.4 is 5.32 Å². The van der Waals surface area contributed by atoms with E-state index >= 15 is 0 Å². The normalized spacial score (nSPS) is 20.0. The van der Waals surface area contributed by atoms with Crippen molar-refractivity contribution >= 4 is 5.78 Å². The number of carbonyl (C=O) groups excluding carboxylic acids is 1. The van der Waals surface area contributed by atoms with Crippen molar-refractivity contribution in [1.82, 2.24) is 10.3 Å². The van der Waals surface area contributed by atoms with Gasteiger partial charge in [0.25, 0.3) is 0 Å². The number of aromatic nitrogens is 1. The van der Waals surface area contributed by atoms with Gasteiger partial charge in [-0.2, -0.15) is 0 Å². The van der Waals surface area contributed by atoms with Crippen LogP contribution in [0.5, 0.6) is 0 Å². The number of Topliss-reactive ketones (excluding diaryl/α,β-unsaturated/α-hetero) is 1. The average molecular weight is 232 g/mol. The second kappa shape index (κ2) is 5.41. The smallest absolute Gasteiger partial charge is 0.155 e. The lowest BCUT2D eigenvalue weighted by Crippen LogP contribution is -2.33. The minimum Gasteiger partial charge on any atom is -0.307 e. The topological polar surface area (TPSA) is 42.0 Å². The van der Waals surface area contributed by atoms with Crippen molar-refractivity contribution < 1.29 is 4.79 Å². The van der Waals surface area contributed by atoms with Crippen LogP contribution >= 0.6 is 0 Å². The van der Waals surface area contributed by atoms with Crippen LogP contribution in [0.1, 0.15) is 43.9 Å². The zero-order chi connectivity index (χ0) is 12.3. The quantitative estimate of drug-likeness (QED) is 0.845. The number of fused-ring (bicyclic) bond motifs is 1. The molecule has 2 unspecified atom stereocenters. The molecule has 0 fully saturated rings. The van der Waals surface area contributed by atoms with E-state index < -0.39 is 0 Å². The minimum atomic E-state index is 0.0164. The molecule has 0 radical (unpaired) electrons. The molecule has 0 aliphatic heterocycles. The van der Waals surface area contributed by atoms with E-state index in [1.165, 1.54) is 5.56 Å². The Morgan fingerprint density at radius 2 is 2.47 bits per heavy atom. The van der Waals surface area contributed by atoms with Crippen molar-refractivity contribution in [2.24, 2.45) is 0 Å². The first-order chi connectivity index (χ1) is 8.22. The predicted octanol–water partition coefficient (Wildman–Crippen LogP) is 2.07. The molecule has 0 saturated carbocycles. The Hall–Kier alpha value is -1.22. The highest BCUT2D eigenvalue weighted by molar-refractivity contribution is 5.88. The third-order valence-electron chi connectivity index (χ3n) is 3.58. The largest absolute Gasteiger partial charge is 0.307 e. The highest BCUT2D eigenvalue weighted by atomic mass is 16.1. The summed E-state index contributed by atoms with van der Waals surface area (Å²) >= 11 is 0. The molecule has 0 spiro atoms. The Morgan fingerprint density at radius 3 is 3.24 bits per heavy atom. The summed E-state index contributed by atoms with van der Waals surface area (Å²) in [5, 5.41) is 3.26. The summed E-state index contributed by atoms with van der Waals surface area (Å²) in [6.45, 7) is 4.69. The fourth-order valence-electron chi connectivity index (χ4n) is 2.27. The van der Waals surface area contributed by atoms with E-state index in [9.17, 15) is 4.79 Å². The van der Waals surface area contributed by atoms with Crippen LogP contribution in [0.2, 0.25) is 0 Å². The third-order valence-corrected chi connectivity index (χ3v) is 3.58. The van der Waals surface area contributed by atoms with Crippen molar-refractivity contribution in [1.29, 1.82) is 0 Å². The molecular formula is C14H20N2O. The van der Waals surface area contributed by atoms with Crippen LogP contribution in [0.15, 0.2) is 18.3 Å². The van der Waals surface area contributed by atoms with Gasteiger partial charge in [-0.15, -0.1) is 0 Å². The van der Waals surface area contributed by atoms with Crippen molar-refractivity contribution in [3.8, 4) is 0 Å². The molecule has 0 saturated heterocycles. The van der Waals surface area contributed by atoms with Crippen molar-refractivity contribution in [3.63, 3.8) is 0 Å². The zero-order valence-electron chi connectivity index (χ0n) is 10.6. The fourth-order valence-corrected chi connectivity index (χ4v) is 2.27. The fraction of sp³-hybridized carbons (Fsp3) is 0.571. The van der Waals surface area contributed by atoms with E-state index in [0.29, 0.717) is 12.6 Å². The average Bonchev–Trinajstić information content (AvgIpc) is 2.79. The number of hydrogen-bond donors (Lipinski definition) is 1. The summed E-state index contributed by atoms with van der Waals surface area (Å²) < 4.78 is 0. The number of nitrogens with one attached hydrogen (secondary N) is 1. The molecule has 0 amide bonds. The molecule has 1 aromatic rings. The lowest BCUT2D eigenvalue weighted by Gasteiger charge is -2.13. The monoisotopic (exact) mass is 232 g/mol. The molecule has 1 heterocycles. The third kappa shape index (κ3) is 2.72. The number of rotatable bonds is 5. The standard InChI is InChI=1S/C14H20N2O/c1-3-10(2)16-9-13(17)12-7-6-11-5-4-8-15-14(11)12/h4-5,8,10,12,16H,3,6-7,9H2,1-2H3. The van der Waals surface area contributed by atoms with Crippen LogP contribution in [0.25, 0.3) is 0 Å². The van der Waals surface area contributed by atoms with Gasteiger partial charge in [0.15, 0.2) is 5.78 Å². The van der Waals surface area contributed by atoms with Crippen molar-refractivity contribution in [2.75, 3.05) is 6.54 Å². The number of pyridine rings is 1. The van der Waals surface area contributed by atoms with Gasteiger partial charge in [0.05, 0.1) is 18.2 Å². The first kappa shape index (κ1) is 12.2. The zero-order valence-corrected chi connectivity index (χ0v) is 10.6. The highest BCUT2D eigenvalue weighted by Crippen LogP contribution is 2.31. The molecule has 1 aromatic heterocycles. The second-order valence-electron chi connectivity index (χ2n) is 4.80. The second-order valence-corrected chi connectivity index (χ2v) is 4.80. The van der Waals surface area contributed by atoms with Crippen LogP contribution in [-0.2, 0) is 11.2 Å². The van der Waals surface area contributed by atoms with Gasteiger partial charge in [0, 0.05) is 12.2 Å². The minimum absolute atomic E-state index is 0.0164. The van der Waals surface area contributed by atoms with Crippen LogP contribution in [0, 0.1) is 0 Å². The molecule has 3 heteroatoms. The summed E-state index contributed by atoms with van der Waals surface area (Å²) in [4.78, 5) is 16.5. The summed E-state index contributed by atoms with van der Waals surface area (Å²) in [7, 11) is 0. The number of carbonyl (C=O) groups is 1. The van der Waals surface area contributed by atoms with Crippen LogP contribution in [0.4, 0.5) is 0 Å². The first-order valence-electron chi connectivity index (χ1n) is 6.42. The van der Waals surface area contributed by atoms with E-state index in [1.807, 2.05) is 6.07 Å². The van der Waals surface area contributed by atoms with Gasteiger partial charge >= 0.3 is 0 Å². The molecule has 2 rings (SSSR count). The number of nitrogens with zero attached hydrogens (tertiary/aromatic N) is 1. The van der Waals surface area contributed by atoms with Crippen LogP contribution in [0.3, 0.4) is 0 Å². The number of aryl methyl sites for hydroxylation is 1. The molecule has 3 nitrogen and oxygen atoms in total. The van der Waals surface area contributed by atoms with Gasteiger partial charge in [-0.3, -0.25) is 9.78 Å². The van der Waals surface area contributed by atoms with Crippen LogP contribution in [-0.4, -0.2) is 23.4 Å². The Balaban J connectivity index is 1.98. The van der Waals surface area contributed by atoms with Crippen molar-refractivity contribution in [3.05, 3.63) is 29.6 Å². The maximum absolute atomic E-state index is 12.1. The SMILES string of the molecule is CCC(C)NCC(=O)C1CCc2cccnc21. The number of hydrogen-bond acceptors (Lipinski definition) is 3. The van der Waals surface area contributed by atoms with E-state index in [1.54, 1.807) is 6.20 Å². The van der Waals surface area contributed by atoms with E-state index in [2.05, 4.69) is 30.2 Å². The maximum Gasteiger partial charge on any atom is 0.155 e. The van der Waals surface area contributed by atoms with Gasteiger partial charge in [-0.05, 0) is 37.8 Å². The summed E-state index contributed by atoms with van der Waals surface area (Å²) in [5.41, 5.74) is 2.25. The number of ketones is 1. The molecule has 2 atom stereocenters. The lowest BCUT2D eigenvalue weighted by atomic mass is 10.0. The summed E-state index contributed by atoms with van der Waals surface area (Å²) in [5.74, 6) is 0.297. The molecule has 0 bridgehead atoms. The van der Waals surface area contributed by atoms with E-state index in [0.717, 1.165) is 25.0 Å². The predicted molar refractivity (Wildman–Crippen MR) is 68.1 cm³/mol. The lowest BCUT2D eigenvalue weighted by molar-refractivity contribution is -0.119. The molecule has 92 valence electrons. The first-order valence-corrected chi connectivity index (χ1v) is 6.42. The van der Waals surface area contributed by atoms with Crippen molar-refractivity contribution in [2.45, 2.75) is 45.1 Å². The molecule has 17 heavy (non-hydrogen) atoms. The maximum atomic E-state index is 12.1. The summed E-state index contributed by atoms with van der Waals surface area (Å²) in [6.07, 6.45) is 4.75. The molecule has 1 N–H and O–H groups in total.